The number of anilines is 1. The Bertz CT molecular complexity index is 1250. The van der Waals surface area contributed by atoms with Gasteiger partial charge in [0.25, 0.3) is 10.0 Å². The van der Waals surface area contributed by atoms with Crippen LogP contribution in [-0.2, 0) is 10.0 Å². The SMILES string of the molecule is C=Cc1ccc(Cl)c(S(=O)(=O)NC(=O)Nc2nc(OC)cc(-c3ccc(Br)cc3)n2)c1. The van der Waals surface area contributed by atoms with Crippen molar-refractivity contribution in [1.82, 2.24) is 14.7 Å². The summed E-state index contributed by atoms with van der Waals surface area (Å²) in [5, 5.41) is 2.27. The number of nitrogens with zero attached hydrogens (tertiary/aromatic N) is 2. The molecule has 1 heterocycles. The minimum atomic E-state index is -4.26. The summed E-state index contributed by atoms with van der Waals surface area (Å²) >= 11 is 9.35. The Kier molecular flexibility index (Phi) is 6.94. The highest BCUT2D eigenvalue weighted by molar-refractivity contribution is 9.10. The second-order valence-corrected chi connectivity index (χ2v) is 9.05. The van der Waals surface area contributed by atoms with Gasteiger partial charge in [0, 0.05) is 16.1 Å². The fourth-order valence-corrected chi connectivity index (χ4v) is 4.22. The lowest BCUT2D eigenvalue weighted by atomic mass is 10.1. The standard InChI is InChI=1S/C20H16BrClN4O4S/c1-3-12-4-9-15(22)17(10-12)31(28,29)26-20(27)25-19-23-16(11-18(24-19)30-2)13-5-7-14(21)8-6-13/h3-11H,1H2,2H3,(H2,23,24,25,26,27). The normalized spacial score (nSPS) is 10.9. The summed E-state index contributed by atoms with van der Waals surface area (Å²) < 4.78 is 33.1. The molecule has 160 valence electrons. The molecule has 2 N–H and O–H groups in total. The van der Waals surface area contributed by atoms with Gasteiger partial charge in [-0.3, -0.25) is 5.32 Å². The van der Waals surface area contributed by atoms with E-state index in [1.807, 2.05) is 29.0 Å². The number of aromatic nitrogens is 2. The second-order valence-electron chi connectivity index (χ2n) is 6.08. The van der Waals surface area contributed by atoms with Gasteiger partial charge in [0.1, 0.15) is 4.90 Å². The van der Waals surface area contributed by atoms with Gasteiger partial charge in [0.15, 0.2) is 0 Å². The molecule has 0 radical (unpaired) electrons. The maximum atomic E-state index is 12.6. The third-order valence-corrected chi connectivity index (χ3v) is 6.33. The van der Waals surface area contributed by atoms with E-state index in [1.165, 1.54) is 25.3 Å². The number of methoxy groups -OCH3 is 1. The molecule has 0 aliphatic heterocycles. The number of benzene rings is 2. The quantitative estimate of drug-likeness (QED) is 0.484. The summed E-state index contributed by atoms with van der Waals surface area (Å²) in [6.45, 7) is 3.59. The first-order valence-corrected chi connectivity index (χ1v) is 11.3. The molecular weight excluding hydrogens is 508 g/mol. The van der Waals surface area contributed by atoms with E-state index in [-0.39, 0.29) is 21.7 Å². The van der Waals surface area contributed by atoms with Crippen molar-refractivity contribution < 1.29 is 17.9 Å². The van der Waals surface area contributed by atoms with Gasteiger partial charge in [-0.15, -0.1) is 0 Å². The molecular formula is C20H16BrClN4O4S. The third-order valence-electron chi connectivity index (χ3n) is 3.98. The van der Waals surface area contributed by atoms with Crippen LogP contribution in [0.15, 0.2) is 64.5 Å². The fourth-order valence-electron chi connectivity index (χ4n) is 2.51. The molecule has 0 unspecified atom stereocenters. The Hall–Kier alpha value is -2.95. The number of hydrogen-bond acceptors (Lipinski definition) is 6. The van der Waals surface area contributed by atoms with Gasteiger partial charge < -0.3 is 4.74 Å². The highest BCUT2D eigenvalue weighted by atomic mass is 79.9. The molecule has 11 heteroatoms. The summed E-state index contributed by atoms with van der Waals surface area (Å²) in [4.78, 5) is 20.4. The number of amides is 2. The molecule has 0 atom stereocenters. The molecule has 0 bridgehead atoms. The predicted octanol–water partition coefficient (Wildman–Crippen LogP) is 4.72. The monoisotopic (exact) mass is 522 g/mol. The molecule has 2 aromatic carbocycles. The Balaban J connectivity index is 1.85. The third kappa shape index (κ3) is 5.60. The highest BCUT2D eigenvalue weighted by Crippen LogP contribution is 2.25. The largest absolute Gasteiger partial charge is 0.481 e. The lowest BCUT2D eigenvalue weighted by Gasteiger charge is -2.11. The summed E-state index contributed by atoms with van der Waals surface area (Å²) in [6.07, 6.45) is 1.46. The van der Waals surface area contributed by atoms with Crippen LogP contribution in [-0.4, -0.2) is 31.5 Å². The van der Waals surface area contributed by atoms with Crippen molar-refractivity contribution in [1.29, 1.82) is 0 Å². The number of carbonyl (C=O) groups excluding carboxylic acids is 1. The number of sulfonamides is 1. The molecule has 0 aliphatic rings. The van der Waals surface area contributed by atoms with Crippen LogP contribution in [0.2, 0.25) is 5.02 Å². The van der Waals surface area contributed by atoms with E-state index < -0.39 is 16.1 Å². The molecule has 0 fully saturated rings. The van der Waals surface area contributed by atoms with Crippen molar-refractivity contribution >= 4 is 55.6 Å². The van der Waals surface area contributed by atoms with E-state index >= 15 is 0 Å². The zero-order chi connectivity index (χ0) is 22.6. The molecule has 0 aliphatic carbocycles. The maximum absolute atomic E-state index is 12.6. The molecule has 2 amide bonds. The highest BCUT2D eigenvalue weighted by Gasteiger charge is 2.22. The number of halogens is 2. The van der Waals surface area contributed by atoms with Crippen molar-refractivity contribution in [2.24, 2.45) is 0 Å². The van der Waals surface area contributed by atoms with Crippen LogP contribution in [0, 0.1) is 0 Å². The average molecular weight is 524 g/mol. The van der Waals surface area contributed by atoms with Crippen molar-refractivity contribution in [2.45, 2.75) is 4.90 Å². The number of carbonyl (C=O) groups is 1. The van der Waals surface area contributed by atoms with Crippen LogP contribution in [0.4, 0.5) is 10.7 Å². The molecule has 8 nitrogen and oxygen atoms in total. The van der Waals surface area contributed by atoms with Gasteiger partial charge in [-0.2, -0.15) is 4.98 Å². The first-order valence-electron chi connectivity index (χ1n) is 8.66. The van der Waals surface area contributed by atoms with E-state index in [4.69, 9.17) is 16.3 Å². The van der Waals surface area contributed by atoms with Crippen LogP contribution < -0.4 is 14.8 Å². The molecule has 3 rings (SSSR count). The molecule has 0 saturated carbocycles. The predicted molar refractivity (Wildman–Crippen MR) is 123 cm³/mol. The zero-order valence-corrected chi connectivity index (χ0v) is 19.3. The summed E-state index contributed by atoms with van der Waals surface area (Å²) in [5.41, 5.74) is 1.74. The van der Waals surface area contributed by atoms with E-state index in [0.717, 1.165) is 10.0 Å². The van der Waals surface area contributed by atoms with Crippen molar-refractivity contribution in [3.05, 3.63) is 70.2 Å². The van der Waals surface area contributed by atoms with Crippen LogP contribution in [0.1, 0.15) is 5.56 Å². The Morgan fingerprint density at radius 1 is 1.16 bits per heavy atom. The Morgan fingerprint density at radius 3 is 2.52 bits per heavy atom. The van der Waals surface area contributed by atoms with E-state index in [0.29, 0.717) is 11.3 Å². The summed E-state index contributed by atoms with van der Waals surface area (Å²) in [7, 11) is -2.85. The molecule has 0 saturated heterocycles. The van der Waals surface area contributed by atoms with Crippen molar-refractivity contribution in [3.8, 4) is 17.1 Å². The lowest BCUT2D eigenvalue weighted by Crippen LogP contribution is -2.35. The number of nitrogens with one attached hydrogen (secondary N) is 2. The van der Waals surface area contributed by atoms with Crippen LogP contribution >= 0.6 is 27.5 Å². The summed E-state index contributed by atoms with van der Waals surface area (Å²) in [6, 6.07) is 12.1. The smallest absolute Gasteiger partial charge is 0.335 e. The van der Waals surface area contributed by atoms with E-state index in [1.54, 1.807) is 12.1 Å². The van der Waals surface area contributed by atoms with Gasteiger partial charge in [-0.25, -0.2) is 22.9 Å². The van der Waals surface area contributed by atoms with Crippen molar-refractivity contribution in [3.63, 3.8) is 0 Å². The lowest BCUT2D eigenvalue weighted by molar-refractivity contribution is 0.256. The van der Waals surface area contributed by atoms with Crippen LogP contribution in [0.5, 0.6) is 5.88 Å². The first kappa shape index (κ1) is 22.7. The maximum Gasteiger partial charge on any atom is 0.335 e. The van der Waals surface area contributed by atoms with Crippen LogP contribution in [0.3, 0.4) is 0 Å². The van der Waals surface area contributed by atoms with Crippen LogP contribution in [0.25, 0.3) is 17.3 Å². The van der Waals surface area contributed by atoms with Gasteiger partial charge in [0.05, 0.1) is 17.8 Å². The van der Waals surface area contributed by atoms with E-state index in [9.17, 15) is 13.2 Å². The van der Waals surface area contributed by atoms with Gasteiger partial charge >= 0.3 is 6.03 Å². The Morgan fingerprint density at radius 2 is 1.87 bits per heavy atom. The Labute approximate surface area is 192 Å². The minimum Gasteiger partial charge on any atom is -0.481 e. The molecule has 0 spiro atoms. The molecule has 31 heavy (non-hydrogen) atoms. The van der Waals surface area contributed by atoms with Gasteiger partial charge in [-0.05, 0) is 29.8 Å². The van der Waals surface area contributed by atoms with Gasteiger partial charge in [0.2, 0.25) is 11.8 Å². The molecule has 3 aromatic rings. The zero-order valence-electron chi connectivity index (χ0n) is 16.1. The van der Waals surface area contributed by atoms with E-state index in [2.05, 4.69) is 37.8 Å². The fraction of sp³-hybridized carbons (Fsp3) is 0.0500. The topological polar surface area (TPSA) is 110 Å². The number of rotatable bonds is 6. The van der Waals surface area contributed by atoms with Gasteiger partial charge in [-0.1, -0.05) is 58.4 Å². The summed E-state index contributed by atoms with van der Waals surface area (Å²) in [5.74, 6) is 0.0451. The first-order chi connectivity index (χ1) is 14.7. The number of hydrogen-bond donors (Lipinski definition) is 2. The van der Waals surface area contributed by atoms with Crippen molar-refractivity contribution in [2.75, 3.05) is 12.4 Å². The molecule has 1 aromatic heterocycles. The number of ether oxygens (including phenoxy) is 1. The number of urea groups is 1. The average Bonchev–Trinajstić information content (AvgIpc) is 2.73. The second kappa shape index (κ2) is 9.46. The minimum absolute atomic E-state index is 0.0407.